The number of nitrogens with zero attached hydrogens (tertiary/aromatic N) is 1. The number of aromatic amines is 1. The number of hydrogen-bond donors (Lipinski definition) is 3. The zero-order chi connectivity index (χ0) is 25.5. The SMILES string of the molecule is C[C@H](O)CCC(=O)c1ccc2c(C(=O)C(NCCc3ccc(C#N)cc3)c3ccccc3)c[nH]c2c1. The van der Waals surface area contributed by atoms with E-state index in [9.17, 15) is 14.7 Å². The van der Waals surface area contributed by atoms with Crippen molar-refractivity contribution in [3.8, 4) is 6.07 Å². The summed E-state index contributed by atoms with van der Waals surface area (Å²) in [6.07, 6.45) is 2.59. The van der Waals surface area contributed by atoms with E-state index >= 15 is 0 Å². The molecular formula is C30H29N3O3. The molecule has 3 aromatic carbocycles. The molecule has 0 radical (unpaired) electrons. The van der Waals surface area contributed by atoms with Crippen LogP contribution in [0, 0.1) is 11.3 Å². The Morgan fingerprint density at radius 1 is 1.06 bits per heavy atom. The van der Waals surface area contributed by atoms with Crippen molar-refractivity contribution in [2.45, 2.75) is 38.3 Å². The van der Waals surface area contributed by atoms with E-state index in [1.165, 1.54) is 0 Å². The lowest BCUT2D eigenvalue weighted by molar-refractivity contribution is 0.0940. The molecule has 6 nitrogen and oxygen atoms in total. The van der Waals surface area contributed by atoms with Crippen molar-refractivity contribution in [3.63, 3.8) is 0 Å². The molecule has 1 aromatic heterocycles. The van der Waals surface area contributed by atoms with Gasteiger partial charge in [-0.15, -0.1) is 0 Å². The number of Topliss-reactive ketones (excluding diaryl/α,β-unsaturated/α-hetero) is 2. The monoisotopic (exact) mass is 479 g/mol. The van der Waals surface area contributed by atoms with Crippen molar-refractivity contribution in [1.29, 1.82) is 5.26 Å². The van der Waals surface area contributed by atoms with Gasteiger partial charge in [0, 0.05) is 41.2 Å². The van der Waals surface area contributed by atoms with E-state index in [-0.39, 0.29) is 18.0 Å². The Hall–Kier alpha value is -4.05. The molecule has 0 aliphatic rings. The van der Waals surface area contributed by atoms with Crippen LogP contribution in [0.4, 0.5) is 0 Å². The van der Waals surface area contributed by atoms with E-state index in [1.807, 2.05) is 48.5 Å². The topological polar surface area (TPSA) is 106 Å². The number of H-pyrrole nitrogens is 1. The van der Waals surface area contributed by atoms with Gasteiger partial charge in [0.1, 0.15) is 0 Å². The number of nitriles is 1. The fourth-order valence-corrected chi connectivity index (χ4v) is 4.26. The van der Waals surface area contributed by atoms with Crippen LogP contribution in [0.1, 0.15) is 63.2 Å². The summed E-state index contributed by atoms with van der Waals surface area (Å²) in [5, 5.41) is 22.6. The van der Waals surface area contributed by atoms with Crippen molar-refractivity contribution in [2.24, 2.45) is 0 Å². The second kappa shape index (κ2) is 11.6. The molecule has 0 aliphatic heterocycles. The number of fused-ring (bicyclic) bond motifs is 1. The van der Waals surface area contributed by atoms with E-state index in [1.54, 1.807) is 37.4 Å². The van der Waals surface area contributed by atoms with Crippen molar-refractivity contribution in [2.75, 3.05) is 6.54 Å². The minimum absolute atomic E-state index is 0.0353. The van der Waals surface area contributed by atoms with Crippen LogP contribution >= 0.6 is 0 Å². The van der Waals surface area contributed by atoms with Gasteiger partial charge in [0.05, 0.1) is 23.8 Å². The Kier molecular flexibility index (Phi) is 8.06. The molecule has 6 heteroatoms. The molecule has 2 atom stereocenters. The van der Waals surface area contributed by atoms with Gasteiger partial charge in [-0.25, -0.2) is 0 Å². The average molecular weight is 480 g/mol. The molecule has 0 saturated carbocycles. The molecule has 0 amide bonds. The summed E-state index contributed by atoms with van der Waals surface area (Å²) in [6, 6.07) is 24.0. The number of hydrogen-bond acceptors (Lipinski definition) is 5. The number of nitrogens with one attached hydrogen (secondary N) is 2. The van der Waals surface area contributed by atoms with E-state index in [2.05, 4.69) is 16.4 Å². The number of carbonyl (C=O) groups is 2. The maximum Gasteiger partial charge on any atom is 0.186 e. The number of aliphatic hydroxyl groups excluding tert-OH is 1. The zero-order valence-corrected chi connectivity index (χ0v) is 20.2. The molecule has 182 valence electrons. The van der Waals surface area contributed by atoms with E-state index in [0.29, 0.717) is 36.1 Å². The zero-order valence-electron chi connectivity index (χ0n) is 20.2. The Morgan fingerprint density at radius 2 is 1.81 bits per heavy atom. The van der Waals surface area contributed by atoms with Crippen LogP contribution in [0.3, 0.4) is 0 Å². The third-order valence-electron chi connectivity index (χ3n) is 6.30. The van der Waals surface area contributed by atoms with Gasteiger partial charge < -0.3 is 15.4 Å². The normalized spacial score (nSPS) is 12.7. The van der Waals surface area contributed by atoms with Gasteiger partial charge >= 0.3 is 0 Å². The number of carbonyl (C=O) groups excluding carboxylic acids is 2. The highest BCUT2D eigenvalue weighted by Crippen LogP contribution is 2.26. The fourth-order valence-electron chi connectivity index (χ4n) is 4.26. The highest BCUT2D eigenvalue weighted by atomic mass is 16.3. The minimum atomic E-state index is -0.532. The van der Waals surface area contributed by atoms with Crippen LogP contribution in [0.2, 0.25) is 0 Å². The van der Waals surface area contributed by atoms with Crippen molar-refractivity contribution < 1.29 is 14.7 Å². The van der Waals surface area contributed by atoms with Crippen molar-refractivity contribution >= 4 is 22.5 Å². The number of ketones is 2. The van der Waals surface area contributed by atoms with Crippen LogP contribution in [0.15, 0.2) is 79.0 Å². The predicted octanol–water partition coefficient (Wildman–Crippen LogP) is 5.14. The molecular weight excluding hydrogens is 450 g/mol. The minimum Gasteiger partial charge on any atom is -0.393 e. The van der Waals surface area contributed by atoms with Gasteiger partial charge in [0.15, 0.2) is 11.6 Å². The number of benzene rings is 3. The van der Waals surface area contributed by atoms with Crippen LogP contribution in [0.25, 0.3) is 10.9 Å². The molecule has 0 saturated heterocycles. The maximum atomic E-state index is 13.7. The van der Waals surface area contributed by atoms with Gasteiger partial charge in [-0.1, -0.05) is 54.6 Å². The molecule has 1 unspecified atom stereocenters. The lowest BCUT2D eigenvalue weighted by Gasteiger charge is -2.18. The number of aliphatic hydroxyl groups is 1. The van der Waals surface area contributed by atoms with Crippen molar-refractivity contribution in [3.05, 3.63) is 107 Å². The smallest absolute Gasteiger partial charge is 0.186 e. The predicted molar refractivity (Wildman–Crippen MR) is 140 cm³/mol. The largest absolute Gasteiger partial charge is 0.393 e. The van der Waals surface area contributed by atoms with Gasteiger partial charge in [-0.3, -0.25) is 9.59 Å². The van der Waals surface area contributed by atoms with E-state index < -0.39 is 12.1 Å². The lowest BCUT2D eigenvalue weighted by atomic mass is 9.96. The summed E-state index contributed by atoms with van der Waals surface area (Å²) >= 11 is 0. The molecule has 4 rings (SSSR count). The third-order valence-corrected chi connectivity index (χ3v) is 6.30. The van der Waals surface area contributed by atoms with Gasteiger partial charge in [0.2, 0.25) is 0 Å². The van der Waals surface area contributed by atoms with Crippen LogP contribution < -0.4 is 5.32 Å². The molecule has 3 N–H and O–H groups in total. The summed E-state index contributed by atoms with van der Waals surface area (Å²) < 4.78 is 0. The quantitative estimate of drug-likeness (QED) is 0.258. The fraction of sp³-hybridized carbons (Fsp3) is 0.233. The Bertz CT molecular complexity index is 1380. The lowest BCUT2D eigenvalue weighted by Crippen LogP contribution is -2.30. The first-order valence-corrected chi connectivity index (χ1v) is 12.1. The Morgan fingerprint density at radius 3 is 2.50 bits per heavy atom. The Labute approximate surface area is 210 Å². The second-order valence-electron chi connectivity index (χ2n) is 8.99. The first kappa shape index (κ1) is 25.1. The van der Waals surface area contributed by atoms with Gasteiger partial charge in [-0.05, 0) is 49.1 Å². The first-order valence-electron chi connectivity index (χ1n) is 12.1. The highest BCUT2D eigenvalue weighted by Gasteiger charge is 2.24. The number of rotatable bonds is 11. The van der Waals surface area contributed by atoms with E-state index in [4.69, 9.17) is 5.26 Å². The summed E-state index contributed by atoms with van der Waals surface area (Å²) in [7, 11) is 0. The molecule has 4 aromatic rings. The summed E-state index contributed by atoms with van der Waals surface area (Å²) in [4.78, 5) is 29.4. The van der Waals surface area contributed by atoms with Crippen LogP contribution in [-0.2, 0) is 6.42 Å². The third kappa shape index (κ3) is 5.95. The van der Waals surface area contributed by atoms with Gasteiger partial charge in [-0.2, -0.15) is 5.26 Å². The summed E-state index contributed by atoms with van der Waals surface area (Å²) in [6.45, 7) is 2.25. The van der Waals surface area contributed by atoms with Crippen molar-refractivity contribution in [1.82, 2.24) is 10.3 Å². The van der Waals surface area contributed by atoms with Crippen LogP contribution in [0.5, 0.6) is 0 Å². The molecule has 0 fully saturated rings. The average Bonchev–Trinajstić information content (AvgIpc) is 3.33. The van der Waals surface area contributed by atoms with Crippen LogP contribution in [-0.4, -0.2) is 34.3 Å². The summed E-state index contributed by atoms with van der Waals surface area (Å²) in [5.41, 5.74) is 4.43. The number of aromatic nitrogens is 1. The molecule has 1 heterocycles. The molecule has 0 spiro atoms. The standard InChI is InChI=1S/C30H29N3O3/c1-20(34)7-14-28(35)24-12-13-25-26(19-33-27(25)17-24)30(36)29(23-5-3-2-4-6-23)32-16-15-21-8-10-22(18-31)11-9-21/h2-6,8-13,17,19-20,29,32-34H,7,14-16H2,1H3/t20-,29?/m0/s1. The van der Waals surface area contributed by atoms with Gasteiger partial charge in [0.25, 0.3) is 0 Å². The molecule has 0 aliphatic carbocycles. The first-order chi connectivity index (χ1) is 17.5. The summed E-state index contributed by atoms with van der Waals surface area (Å²) in [5.74, 6) is -0.0904. The Balaban J connectivity index is 1.53. The molecule has 36 heavy (non-hydrogen) atoms. The maximum absolute atomic E-state index is 13.7. The molecule has 0 bridgehead atoms. The van der Waals surface area contributed by atoms with E-state index in [0.717, 1.165) is 22.0 Å². The highest BCUT2D eigenvalue weighted by molar-refractivity contribution is 6.11. The second-order valence-corrected chi connectivity index (χ2v) is 8.99.